The lowest BCUT2D eigenvalue weighted by Gasteiger charge is -2.18. The third-order valence-electron chi connectivity index (χ3n) is 5.18. The van der Waals surface area contributed by atoms with E-state index in [1.807, 2.05) is 44.2 Å². The van der Waals surface area contributed by atoms with E-state index in [1.165, 1.54) is 0 Å². The molecule has 6 N–H and O–H groups in total. The molecule has 2 atom stereocenters. The second-order valence-corrected chi connectivity index (χ2v) is 7.51. The minimum atomic E-state index is -0.573. The Bertz CT molecular complexity index is 910. The largest absolute Gasteiger partial charge is 0.483 e. The molecule has 0 aromatic heterocycles. The third-order valence-corrected chi connectivity index (χ3v) is 5.18. The Balaban J connectivity index is 0.00000174. The predicted molar refractivity (Wildman–Crippen MR) is 134 cm³/mol. The standard InChI is InChI=1S/C24H30N2O3.CH3NO.CH2O2/c1-3-18(24(25)29)16-22(27)21(4-2)26-23(28)15-12-17-10-13-20(14-11-17)19-8-6-5-7-9-19;2*2-1-3/h5-11,13-14,18,21H,3-4,12,15-16H2,1-2H3,(H2,25,29)(H,26,28);1H,(H2,2,3);1H,(H,2,3)/t18-,21+;;/m1../s1. The molecule has 0 unspecified atom stereocenters. The molecule has 9 nitrogen and oxygen atoms in total. The maximum Gasteiger partial charge on any atom is 0.290 e. The van der Waals surface area contributed by atoms with Gasteiger partial charge >= 0.3 is 0 Å². The van der Waals surface area contributed by atoms with Crippen molar-refractivity contribution in [2.24, 2.45) is 17.4 Å². The van der Waals surface area contributed by atoms with Gasteiger partial charge in [-0.3, -0.25) is 24.0 Å². The molecule has 0 saturated carbocycles. The molecule has 0 aliphatic carbocycles. The average Bonchev–Trinajstić information content (AvgIpc) is 2.86. The Kier molecular flexibility index (Phi) is 16.3. The van der Waals surface area contributed by atoms with Gasteiger partial charge in [0.05, 0.1) is 6.04 Å². The van der Waals surface area contributed by atoms with Crippen molar-refractivity contribution in [1.29, 1.82) is 0 Å². The van der Waals surface area contributed by atoms with Crippen LogP contribution in [-0.4, -0.2) is 41.6 Å². The summed E-state index contributed by atoms with van der Waals surface area (Å²) in [6.45, 7) is 3.42. The highest BCUT2D eigenvalue weighted by Crippen LogP contribution is 2.19. The smallest absolute Gasteiger partial charge is 0.290 e. The highest BCUT2D eigenvalue weighted by Gasteiger charge is 2.24. The first kappa shape index (κ1) is 31.0. The quantitative estimate of drug-likeness (QED) is 0.356. The van der Waals surface area contributed by atoms with Gasteiger partial charge in [0.15, 0.2) is 5.78 Å². The van der Waals surface area contributed by atoms with E-state index in [0.29, 0.717) is 25.7 Å². The lowest BCUT2D eigenvalue weighted by atomic mass is 9.94. The lowest BCUT2D eigenvalue weighted by molar-refractivity contribution is -0.130. The molecule has 0 radical (unpaired) electrons. The van der Waals surface area contributed by atoms with Gasteiger partial charge in [0.1, 0.15) is 0 Å². The van der Waals surface area contributed by atoms with Crippen LogP contribution in [0.25, 0.3) is 11.1 Å². The van der Waals surface area contributed by atoms with E-state index in [4.69, 9.17) is 20.4 Å². The van der Waals surface area contributed by atoms with Crippen LogP contribution in [0.3, 0.4) is 0 Å². The van der Waals surface area contributed by atoms with Crippen LogP contribution in [0, 0.1) is 5.92 Å². The average molecular weight is 486 g/mol. The van der Waals surface area contributed by atoms with Crippen molar-refractivity contribution < 1.29 is 29.1 Å². The number of carboxylic acid groups (broad SMARTS) is 1. The molecule has 0 aliphatic heterocycles. The van der Waals surface area contributed by atoms with Crippen LogP contribution in [-0.2, 0) is 30.4 Å². The van der Waals surface area contributed by atoms with E-state index in [2.05, 4.69) is 35.3 Å². The van der Waals surface area contributed by atoms with Crippen LogP contribution in [0.2, 0.25) is 0 Å². The van der Waals surface area contributed by atoms with Crippen LogP contribution in [0.1, 0.15) is 45.1 Å². The van der Waals surface area contributed by atoms with Crippen molar-refractivity contribution in [3.63, 3.8) is 0 Å². The number of carbonyl (C=O) groups is 5. The fourth-order valence-electron chi connectivity index (χ4n) is 3.26. The molecule has 0 fully saturated rings. The minimum absolute atomic E-state index is 0.0750. The molecule has 0 spiro atoms. The summed E-state index contributed by atoms with van der Waals surface area (Å²) in [5, 5.41) is 9.69. The number of aryl methyl sites for hydroxylation is 1. The Labute approximate surface area is 205 Å². The van der Waals surface area contributed by atoms with Gasteiger partial charge in [-0.25, -0.2) is 0 Å². The summed E-state index contributed by atoms with van der Waals surface area (Å²) >= 11 is 0. The van der Waals surface area contributed by atoms with Crippen LogP contribution < -0.4 is 16.8 Å². The topological polar surface area (TPSA) is 170 Å². The van der Waals surface area contributed by atoms with Gasteiger partial charge in [-0.2, -0.15) is 0 Å². The van der Waals surface area contributed by atoms with Gasteiger partial charge in [-0.1, -0.05) is 68.4 Å². The molecular weight excluding hydrogens is 450 g/mol. The van der Waals surface area contributed by atoms with Crippen LogP contribution in [0.15, 0.2) is 54.6 Å². The fourth-order valence-corrected chi connectivity index (χ4v) is 3.26. The van der Waals surface area contributed by atoms with Crippen molar-refractivity contribution in [2.45, 2.75) is 52.0 Å². The second-order valence-electron chi connectivity index (χ2n) is 7.51. The molecule has 3 amide bonds. The molecule has 2 rings (SSSR count). The van der Waals surface area contributed by atoms with E-state index < -0.39 is 17.9 Å². The Morgan fingerprint density at radius 2 is 1.46 bits per heavy atom. The number of carbonyl (C=O) groups excluding carboxylic acids is 4. The summed E-state index contributed by atoms with van der Waals surface area (Å²) in [5.74, 6) is -1.25. The number of nitrogens with one attached hydrogen (secondary N) is 1. The van der Waals surface area contributed by atoms with E-state index in [1.54, 1.807) is 0 Å². The number of Topliss-reactive ketones (excluding diaryl/α,β-unsaturated/α-hetero) is 1. The molecule has 2 aromatic rings. The monoisotopic (exact) mass is 485 g/mol. The summed E-state index contributed by atoms with van der Waals surface area (Å²) in [4.78, 5) is 53.0. The number of amides is 3. The molecule has 0 bridgehead atoms. The van der Waals surface area contributed by atoms with Crippen LogP contribution in [0.5, 0.6) is 0 Å². The molecule has 190 valence electrons. The van der Waals surface area contributed by atoms with Crippen LogP contribution >= 0.6 is 0 Å². The summed E-state index contributed by atoms with van der Waals surface area (Å²) in [6.07, 6.45) is 2.24. The summed E-state index contributed by atoms with van der Waals surface area (Å²) < 4.78 is 0. The summed E-state index contributed by atoms with van der Waals surface area (Å²) in [5.41, 5.74) is 12.8. The molecule has 0 saturated heterocycles. The van der Waals surface area contributed by atoms with E-state index in [0.717, 1.165) is 16.7 Å². The van der Waals surface area contributed by atoms with Gasteiger partial charge in [0.2, 0.25) is 18.2 Å². The lowest BCUT2D eigenvalue weighted by Crippen LogP contribution is -2.42. The van der Waals surface area contributed by atoms with Crippen LogP contribution in [0.4, 0.5) is 0 Å². The highest BCUT2D eigenvalue weighted by atomic mass is 16.3. The first-order chi connectivity index (χ1) is 16.8. The Hall–Kier alpha value is -4.01. The number of hydrogen-bond acceptors (Lipinski definition) is 5. The Morgan fingerprint density at radius 1 is 0.943 bits per heavy atom. The molecule has 0 aliphatic rings. The molecule has 35 heavy (non-hydrogen) atoms. The van der Waals surface area contributed by atoms with Crippen molar-refractivity contribution >= 4 is 30.5 Å². The maximum atomic E-state index is 12.4. The maximum absolute atomic E-state index is 12.4. The zero-order valence-corrected chi connectivity index (χ0v) is 20.2. The number of primary amides is 2. The van der Waals surface area contributed by atoms with Crippen molar-refractivity contribution in [3.8, 4) is 11.1 Å². The zero-order valence-electron chi connectivity index (χ0n) is 20.2. The Morgan fingerprint density at radius 3 is 1.91 bits per heavy atom. The highest BCUT2D eigenvalue weighted by molar-refractivity contribution is 5.92. The van der Waals surface area contributed by atoms with Gasteiger partial charge in [0, 0.05) is 18.8 Å². The van der Waals surface area contributed by atoms with Gasteiger partial charge in [-0.15, -0.1) is 0 Å². The van der Waals surface area contributed by atoms with E-state index in [-0.39, 0.29) is 31.0 Å². The molecule has 0 heterocycles. The molecular formula is C26H35N3O6. The minimum Gasteiger partial charge on any atom is -0.483 e. The van der Waals surface area contributed by atoms with Gasteiger partial charge in [0.25, 0.3) is 6.47 Å². The number of nitrogens with two attached hydrogens (primary N) is 2. The van der Waals surface area contributed by atoms with Crippen molar-refractivity contribution in [3.05, 3.63) is 60.2 Å². The number of ketones is 1. The summed E-state index contributed by atoms with van der Waals surface area (Å²) in [7, 11) is 0. The fraction of sp³-hybridized carbons (Fsp3) is 0.346. The van der Waals surface area contributed by atoms with Crippen molar-refractivity contribution in [1.82, 2.24) is 5.32 Å². The summed E-state index contributed by atoms with van der Waals surface area (Å²) in [6, 6.07) is 17.7. The van der Waals surface area contributed by atoms with E-state index in [9.17, 15) is 14.4 Å². The first-order valence-corrected chi connectivity index (χ1v) is 11.3. The first-order valence-electron chi connectivity index (χ1n) is 11.3. The van der Waals surface area contributed by atoms with Gasteiger partial charge < -0.3 is 21.9 Å². The zero-order chi connectivity index (χ0) is 26.6. The molecule has 2 aromatic carbocycles. The SMILES string of the molecule is CC[C@H](CC(=O)[C@H](CC)NC(=O)CCc1ccc(-c2ccccc2)cc1)C(N)=O.NC=O.O=CO. The predicted octanol–water partition coefficient (Wildman–Crippen LogP) is 2.45. The second kappa shape index (κ2) is 18.4. The molecule has 9 heteroatoms. The third kappa shape index (κ3) is 12.7. The van der Waals surface area contributed by atoms with Crippen molar-refractivity contribution in [2.75, 3.05) is 0 Å². The van der Waals surface area contributed by atoms with E-state index >= 15 is 0 Å². The number of rotatable bonds is 11. The number of benzene rings is 2. The number of hydrogen-bond donors (Lipinski definition) is 4. The van der Waals surface area contributed by atoms with Gasteiger partial charge in [-0.05, 0) is 36.0 Å². The normalized spacial score (nSPS) is 11.3.